The standard InChI is InChI=1S/C18H17FN4O2S2/c19-14-5-3-13(4-6-14)16-20-23(18(26)25-16)12-21-7-9-22(10-8-21)17(24)15-2-1-11-27-15/h1-6,11H,7-10,12H2/p+1. The van der Waals surface area contributed by atoms with Gasteiger partial charge in [-0.05, 0) is 47.9 Å². The highest BCUT2D eigenvalue weighted by atomic mass is 32.1. The number of nitrogens with one attached hydrogen (secondary N) is 1. The van der Waals surface area contributed by atoms with Crippen LogP contribution in [0.25, 0.3) is 11.5 Å². The van der Waals surface area contributed by atoms with Crippen molar-refractivity contribution in [2.24, 2.45) is 0 Å². The Morgan fingerprint density at radius 2 is 2.00 bits per heavy atom. The maximum Gasteiger partial charge on any atom is 0.292 e. The van der Waals surface area contributed by atoms with Crippen LogP contribution in [0.5, 0.6) is 0 Å². The van der Waals surface area contributed by atoms with E-state index in [-0.39, 0.29) is 11.7 Å². The first-order valence-electron chi connectivity index (χ1n) is 8.60. The summed E-state index contributed by atoms with van der Waals surface area (Å²) in [5.41, 5.74) is 0.683. The van der Waals surface area contributed by atoms with Crippen LogP contribution in [0, 0.1) is 10.7 Å². The molecule has 0 radical (unpaired) electrons. The van der Waals surface area contributed by atoms with Crippen molar-refractivity contribution in [2.75, 3.05) is 26.2 Å². The van der Waals surface area contributed by atoms with Gasteiger partial charge in [0.25, 0.3) is 10.7 Å². The number of carbonyl (C=O) groups excluding carboxylic acids is 1. The molecule has 4 rings (SSSR count). The lowest BCUT2D eigenvalue weighted by atomic mass is 10.2. The monoisotopic (exact) mass is 405 g/mol. The number of halogens is 1. The molecule has 0 spiro atoms. The van der Waals surface area contributed by atoms with Gasteiger partial charge >= 0.3 is 0 Å². The maximum absolute atomic E-state index is 13.1. The van der Waals surface area contributed by atoms with Gasteiger partial charge in [-0.15, -0.1) is 16.4 Å². The van der Waals surface area contributed by atoms with Gasteiger partial charge in [0.2, 0.25) is 5.89 Å². The second-order valence-corrected chi connectivity index (χ2v) is 7.65. The number of aromatic nitrogens is 2. The van der Waals surface area contributed by atoms with Crippen molar-refractivity contribution in [3.63, 3.8) is 0 Å². The third kappa shape index (κ3) is 4.00. The van der Waals surface area contributed by atoms with Crippen molar-refractivity contribution in [3.8, 4) is 11.5 Å². The summed E-state index contributed by atoms with van der Waals surface area (Å²) >= 11 is 6.74. The topological polar surface area (TPSA) is 55.7 Å². The zero-order valence-corrected chi connectivity index (χ0v) is 16.1. The van der Waals surface area contributed by atoms with Crippen LogP contribution in [-0.4, -0.2) is 46.8 Å². The summed E-state index contributed by atoms with van der Waals surface area (Å²) in [4.78, 5) is 16.7. The van der Waals surface area contributed by atoms with E-state index in [0.717, 1.165) is 18.0 Å². The van der Waals surface area contributed by atoms with Crippen LogP contribution < -0.4 is 4.90 Å². The zero-order valence-electron chi connectivity index (χ0n) is 14.4. The van der Waals surface area contributed by atoms with Crippen molar-refractivity contribution < 1.29 is 18.5 Å². The minimum Gasteiger partial charge on any atom is -0.409 e. The van der Waals surface area contributed by atoms with Crippen LogP contribution in [0.15, 0.2) is 46.2 Å². The van der Waals surface area contributed by atoms with Gasteiger partial charge < -0.3 is 14.2 Å². The molecule has 6 nitrogen and oxygen atoms in total. The predicted molar refractivity (Wildman–Crippen MR) is 102 cm³/mol. The van der Waals surface area contributed by atoms with E-state index in [1.54, 1.807) is 16.8 Å². The largest absolute Gasteiger partial charge is 0.409 e. The molecule has 0 bridgehead atoms. The van der Waals surface area contributed by atoms with Crippen molar-refractivity contribution >= 4 is 29.5 Å². The highest BCUT2D eigenvalue weighted by Crippen LogP contribution is 2.18. The third-order valence-electron chi connectivity index (χ3n) is 4.56. The van der Waals surface area contributed by atoms with Crippen molar-refractivity contribution in [1.29, 1.82) is 0 Å². The van der Waals surface area contributed by atoms with Crippen LogP contribution in [0.2, 0.25) is 0 Å². The lowest BCUT2D eigenvalue weighted by molar-refractivity contribution is -0.927. The molecule has 1 aliphatic rings. The number of carbonyl (C=O) groups is 1. The van der Waals surface area contributed by atoms with Crippen LogP contribution in [0.1, 0.15) is 9.67 Å². The van der Waals surface area contributed by atoms with Gasteiger partial charge in [-0.2, -0.15) is 4.68 Å². The maximum atomic E-state index is 13.1. The molecule has 1 amide bonds. The Morgan fingerprint density at radius 1 is 1.26 bits per heavy atom. The van der Waals surface area contributed by atoms with Crippen LogP contribution in [0.3, 0.4) is 0 Å². The lowest BCUT2D eigenvalue weighted by Gasteiger charge is -2.31. The average Bonchev–Trinajstić information content (AvgIpc) is 3.33. The fourth-order valence-corrected chi connectivity index (χ4v) is 3.94. The number of hydrogen-bond acceptors (Lipinski definition) is 5. The number of benzene rings is 1. The molecule has 27 heavy (non-hydrogen) atoms. The molecule has 3 heterocycles. The van der Waals surface area contributed by atoms with E-state index in [0.29, 0.717) is 36.0 Å². The fourth-order valence-electron chi connectivity index (χ4n) is 3.07. The van der Waals surface area contributed by atoms with E-state index in [9.17, 15) is 9.18 Å². The highest BCUT2D eigenvalue weighted by molar-refractivity contribution is 7.71. The van der Waals surface area contributed by atoms with E-state index < -0.39 is 0 Å². The van der Waals surface area contributed by atoms with Gasteiger partial charge in [-0.3, -0.25) is 4.79 Å². The normalized spacial score (nSPS) is 15.2. The lowest BCUT2D eigenvalue weighted by Crippen LogP contribution is -3.14. The van der Waals surface area contributed by atoms with E-state index in [2.05, 4.69) is 5.10 Å². The Morgan fingerprint density at radius 3 is 2.67 bits per heavy atom. The number of quaternary nitrogens is 1. The second kappa shape index (κ2) is 7.71. The van der Waals surface area contributed by atoms with Crippen molar-refractivity contribution in [2.45, 2.75) is 6.67 Å². The van der Waals surface area contributed by atoms with Gasteiger partial charge in [0.1, 0.15) is 5.82 Å². The Bertz CT molecular complexity index is 974. The molecule has 0 unspecified atom stereocenters. The summed E-state index contributed by atoms with van der Waals surface area (Å²) in [6.45, 7) is 3.60. The van der Waals surface area contributed by atoms with E-state index in [1.165, 1.54) is 28.4 Å². The molecule has 2 aromatic heterocycles. The van der Waals surface area contributed by atoms with Crippen molar-refractivity contribution in [1.82, 2.24) is 14.7 Å². The SMILES string of the molecule is O=C(c1cccs1)N1CC[NH+](Cn2nc(-c3ccc(F)cc3)oc2=S)CC1. The third-order valence-corrected chi connectivity index (χ3v) is 5.71. The zero-order chi connectivity index (χ0) is 18.8. The van der Waals surface area contributed by atoms with Gasteiger partial charge in [0, 0.05) is 5.56 Å². The molecule has 140 valence electrons. The first-order chi connectivity index (χ1) is 13.1. The summed E-state index contributed by atoms with van der Waals surface area (Å²) in [6.07, 6.45) is 0. The molecule has 1 fully saturated rings. The molecule has 0 saturated carbocycles. The average molecular weight is 406 g/mol. The first-order valence-corrected chi connectivity index (χ1v) is 9.89. The number of nitrogens with zero attached hydrogens (tertiary/aromatic N) is 3. The van der Waals surface area contributed by atoms with E-state index in [1.807, 2.05) is 22.4 Å². The highest BCUT2D eigenvalue weighted by Gasteiger charge is 2.25. The van der Waals surface area contributed by atoms with Crippen LogP contribution in [-0.2, 0) is 6.67 Å². The van der Waals surface area contributed by atoms with Crippen LogP contribution >= 0.6 is 23.6 Å². The van der Waals surface area contributed by atoms with Crippen LogP contribution in [0.4, 0.5) is 4.39 Å². The summed E-state index contributed by atoms with van der Waals surface area (Å²) in [6, 6.07) is 9.70. The molecule has 9 heteroatoms. The van der Waals surface area contributed by atoms with E-state index in [4.69, 9.17) is 16.6 Å². The number of thiophene rings is 1. The number of rotatable bonds is 4. The molecule has 3 aromatic rings. The summed E-state index contributed by atoms with van der Waals surface area (Å²) in [7, 11) is 0. The molecular formula is C18H18FN4O2S2+. The van der Waals surface area contributed by atoms with Crippen molar-refractivity contribution in [3.05, 3.63) is 57.3 Å². The molecular weight excluding hydrogens is 387 g/mol. The summed E-state index contributed by atoms with van der Waals surface area (Å²) < 4.78 is 20.3. The molecule has 1 aliphatic heterocycles. The quantitative estimate of drug-likeness (QED) is 0.676. The fraction of sp³-hybridized carbons (Fsp3) is 0.278. The van der Waals surface area contributed by atoms with Gasteiger partial charge in [-0.25, -0.2) is 4.39 Å². The number of piperazine rings is 1. The molecule has 0 aliphatic carbocycles. The minimum atomic E-state index is -0.309. The molecule has 1 saturated heterocycles. The van der Waals surface area contributed by atoms with Gasteiger partial charge in [0.15, 0.2) is 6.67 Å². The molecule has 1 aromatic carbocycles. The Hall–Kier alpha value is -2.36. The second-order valence-electron chi connectivity index (χ2n) is 6.36. The smallest absolute Gasteiger partial charge is 0.292 e. The minimum absolute atomic E-state index is 0.0979. The molecule has 1 N–H and O–H groups in total. The van der Waals surface area contributed by atoms with Gasteiger partial charge in [0.05, 0.1) is 31.1 Å². The summed E-state index contributed by atoms with van der Waals surface area (Å²) in [5.74, 6) is 0.169. The molecule has 0 atom stereocenters. The predicted octanol–water partition coefficient (Wildman–Crippen LogP) is 2.07. The first kappa shape index (κ1) is 18.0. The van der Waals surface area contributed by atoms with E-state index >= 15 is 0 Å². The number of hydrogen-bond donors (Lipinski definition) is 1. The summed E-state index contributed by atoms with van der Waals surface area (Å²) in [5, 5.41) is 6.34. The Kier molecular flexibility index (Phi) is 5.15. The number of amides is 1. The Balaban J connectivity index is 1.39. The van der Waals surface area contributed by atoms with Gasteiger partial charge in [-0.1, -0.05) is 6.07 Å². The Labute approximate surface area is 164 Å².